The van der Waals surface area contributed by atoms with Crippen LogP contribution >= 0.6 is 11.6 Å². The third-order valence-electron chi connectivity index (χ3n) is 6.65. The van der Waals surface area contributed by atoms with Gasteiger partial charge in [-0.2, -0.15) is 10.5 Å². The minimum Gasteiger partial charge on any atom is -0.382 e. The van der Waals surface area contributed by atoms with Crippen molar-refractivity contribution in [3.63, 3.8) is 0 Å². The van der Waals surface area contributed by atoms with Crippen LogP contribution in [-0.4, -0.2) is 30.4 Å². The quantitative estimate of drug-likeness (QED) is 0.315. The highest BCUT2D eigenvalue weighted by Crippen LogP contribution is 2.38. The number of anilines is 2. The van der Waals surface area contributed by atoms with E-state index in [1.807, 2.05) is 31.1 Å². The molecular formula is C27H25BClFN8. The van der Waals surface area contributed by atoms with Gasteiger partial charge < -0.3 is 16.1 Å². The van der Waals surface area contributed by atoms with Crippen LogP contribution in [0.25, 0.3) is 10.9 Å². The summed E-state index contributed by atoms with van der Waals surface area (Å²) in [4.78, 5) is 4.40. The Hall–Kier alpha value is -3.99. The number of hydrazine groups is 2. The molecule has 2 aromatic carbocycles. The average molecular weight is 527 g/mol. The summed E-state index contributed by atoms with van der Waals surface area (Å²) in [7, 11) is 7.02. The van der Waals surface area contributed by atoms with Gasteiger partial charge >= 0.3 is 0 Å². The molecule has 8 nitrogen and oxygen atoms in total. The number of hydrogen-bond donors (Lipinski definition) is 4. The number of rotatable bonds is 8. The molecule has 0 spiro atoms. The van der Waals surface area contributed by atoms with Gasteiger partial charge in [-0.05, 0) is 56.5 Å². The first kappa shape index (κ1) is 25.7. The summed E-state index contributed by atoms with van der Waals surface area (Å²) < 4.78 is 13.8. The summed E-state index contributed by atoms with van der Waals surface area (Å²) in [5, 5.41) is 28.8. The minimum atomic E-state index is -1.29. The number of nitrogens with one attached hydrogen (secondary N) is 4. The maximum atomic E-state index is 13.8. The van der Waals surface area contributed by atoms with Crippen molar-refractivity contribution in [2.24, 2.45) is 5.41 Å². The lowest BCUT2D eigenvalue weighted by Gasteiger charge is -2.34. The predicted octanol–water partition coefficient (Wildman–Crippen LogP) is 4.62. The SMILES string of the molecule is [B]C(Nc1cc(Cl)c2ncc(C#N)c(NCC(C)(C)C#N)c2c1)(C1=CN(C2CC2)NN1)c1ccc(F)cc1. The molecule has 1 fully saturated rings. The highest BCUT2D eigenvalue weighted by molar-refractivity contribution is 6.36. The van der Waals surface area contributed by atoms with E-state index < -0.39 is 10.9 Å². The fourth-order valence-corrected chi connectivity index (χ4v) is 4.54. The molecule has 4 N–H and O–H groups in total. The molecular weight excluding hydrogens is 502 g/mol. The molecule has 2 heterocycles. The third kappa shape index (κ3) is 4.93. The molecule has 11 heteroatoms. The van der Waals surface area contributed by atoms with E-state index in [2.05, 4.69) is 38.7 Å². The average Bonchev–Trinajstić information content (AvgIpc) is 3.63. The van der Waals surface area contributed by atoms with Gasteiger partial charge in [-0.25, -0.2) is 4.39 Å². The van der Waals surface area contributed by atoms with Crippen LogP contribution in [0.3, 0.4) is 0 Å². The van der Waals surface area contributed by atoms with E-state index in [0.29, 0.717) is 56.7 Å². The van der Waals surface area contributed by atoms with E-state index in [1.54, 1.807) is 18.2 Å². The fourth-order valence-electron chi connectivity index (χ4n) is 4.27. The second kappa shape index (κ2) is 9.72. The van der Waals surface area contributed by atoms with Crippen molar-refractivity contribution in [3.8, 4) is 12.1 Å². The highest BCUT2D eigenvalue weighted by atomic mass is 35.5. The molecule has 1 unspecified atom stereocenters. The fraction of sp³-hybridized carbons (Fsp3) is 0.296. The maximum absolute atomic E-state index is 13.8. The van der Waals surface area contributed by atoms with Gasteiger partial charge in [0, 0.05) is 36.1 Å². The number of fused-ring (bicyclic) bond motifs is 1. The lowest BCUT2D eigenvalue weighted by molar-refractivity contribution is 0.260. The van der Waals surface area contributed by atoms with Crippen LogP contribution in [-0.2, 0) is 5.44 Å². The Labute approximate surface area is 226 Å². The van der Waals surface area contributed by atoms with Crippen LogP contribution < -0.4 is 21.6 Å². The monoisotopic (exact) mass is 526 g/mol. The number of nitrogens with zero attached hydrogens (tertiary/aromatic N) is 4. The van der Waals surface area contributed by atoms with E-state index in [9.17, 15) is 14.9 Å². The zero-order chi connectivity index (χ0) is 27.1. The number of nitriles is 2. The van der Waals surface area contributed by atoms with Gasteiger partial charge in [-0.1, -0.05) is 23.7 Å². The summed E-state index contributed by atoms with van der Waals surface area (Å²) in [6.45, 7) is 3.92. The number of pyridine rings is 1. The Balaban J connectivity index is 1.59. The molecule has 2 aliphatic rings. The Morgan fingerprint density at radius 2 is 1.97 bits per heavy atom. The van der Waals surface area contributed by atoms with Gasteiger partial charge in [0.1, 0.15) is 19.7 Å². The van der Waals surface area contributed by atoms with E-state index >= 15 is 0 Å². The van der Waals surface area contributed by atoms with Gasteiger partial charge in [0.05, 0.1) is 44.4 Å². The smallest absolute Gasteiger partial charge is 0.123 e. The Bertz CT molecular complexity index is 1510. The van der Waals surface area contributed by atoms with Crippen LogP contribution in [0, 0.1) is 33.9 Å². The van der Waals surface area contributed by atoms with Gasteiger partial charge in [0.2, 0.25) is 0 Å². The highest BCUT2D eigenvalue weighted by Gasteiger charge is 2.37. The third-order valence-corrected chi connectivity index (χ3v) is 6.94. The second-order valence-corrected chi connectivity index (χ2v) is 10.6. The van der Waals surface area contributed by atoms with Crippen molar-refractivity contribution >= 4 is 41.7 Å². The normalized spacial score (nSPS) is 16.7. The van der Waals surface area contributed by atoms with Gasteiger partial charge in [-0.3, -0.25) is 9.99 Å². The Kier molecular flexibility index (Phi) is 6.56. The van der Waals surface area contributed by atoms with Crippen molar-refractivity contribution in [2.75, 3.05) is 17.2 Å². The van der Waals surface area contributed by atoms with Crippen molar-refractivity contribution in [1.29, 1.82) is 10.5 Å². The second-order valence-electron chi connectivity index (χ2n) is 10.2. The Morgan fingerprint density at radius 1 is 1.24 bits per heavy atom. The first-order valence-corrected chi connectivity index (χ1v) is 12.5. The molecule has 1 aromatic heterocycles. The van der Waals surface area contributed by atoms with E-state index in [-0.39, 0.29) is 5.82 Å². The van der Waals surface area contributed by atoms with Gasteiger partial charge in [0.15, 0.2) is 0 Å². The predicted molar refractivity (Wildman–Crippen MR) is 146 cm³/mol. The van der Waals surface area contributed by atoms with E-state index in [1.165, 1.54) is 18.3 Å². The zero-order valence-electron chi connectivity index (χ0n) is 20.9. The molecule has 0 bridgehead atoms. The molecule has 1 atom stereocenters. The summed E-state index contributed by atoms with van der Waals surface area (Å²) in [6, 6.07) is 14.3. The van der Waals surface area contributed by atoms with E-state index in [0.717, 1.165) is 12.8 Å². The molecule has 190 valence electrons. The molecule has 2 radical (unpaired) electrons. The standard InChI is InChI=1S/C27H25BClFN8/c1-26(2,14-32)15-34-24-16(11-31)12-33-25-21(24)9-19(10-22(25)29)35-27(28,17-3-5-18(30)6-4-17)23-13-38(37-36-23)20-7-8-20/h3-6,9-10,12-13,20,35-37H,7-8,15H2,1-2H3,(H,33,34). The number of benzene rings is 2. The molecule has 1 saturated carbocycles. The van der Waals surface area contributed by atoms with Crippen LogP contribution in [0.2, 0.25) is 5.02 Å². The maximum Gasteiger partial charge on any atom is 0.123 e. The molecule has 1 aliphatic carbocycles. The van der Waals surface area contributed by atoms with Crippen molar-refractivity contribution < 1.29 is 4.39 Å². The topological polar surface area (TPSA) is 112 Å². The molecule has 38 heavy (non-hydrogen) atoms. The first-order chi connectivity index (χ1) is 18.1. The largest absolute Gasteiger partial charge is 0.382 e. The molecule has 1 aliphatic heterocycles. The van der Waals surface area contributed by atoms with Crippen LogP contribution in [0.1, 0.15) is 37.8 Å². The van der Waals surface area contributed by atoms with Crippen LogP contribution in [0.4, 0.5) is 15.8 Å². The van der Waals surface area contributed by atoms with Crippen LogP contribution in [0.5, 0.6) is 0 Å². The summed E-state index contributed by atoms with van der Waals surface area (Å²) in [5.74, 6) is -0.373. The number of aromatic nitrogens is 1. The van der Waals surface area contributed by atoms with E-state index in [4.69, 9.17) is 19.4 Å². The molecule has 3 aromatic rings. The molecule has 0 amide bonds. The van der Waals surface area contributed by atoms with Crippen molar-refractivity contribution in [1.82, 2.24) is 21.0 Å². The molecule has 0 saturated heterocycles. The van der Waals surface area contributed by atoms with Crippen molar-refractivity contribution in [3.05, 3.63) is 76.5 Å². The summed E-state index contributed by atoms with van der Waals surface area (Å²) in [5.41, 5.74) is 7.47. The summed E-state index contributed by atoms with van der Waals surface area (Å²) >= 11 is 6.67. The zero-order valence-corrected chi connectivity index (χ0v) is 21.7. The van der Waals surface area contributed by atoms with Crippen LogP contribution in [0.15, 0.2) is 54.5 Å². The molecule has 5 rings (SSSR count). The Morgan fingerprint density at radius 3 is 2.63 bits per heavy atom. The summed E-state index contributed by atoms with van der Waals surface area (Å²) in [6.07, 6.45) is 5.52. The van der Waals surface area contributed by atoms with Crippen molar-refractivity contribution in [2.45, 2.75) is 38.2 Å². The van der Waals surface area contributed by atoms with Gasteiger partial charge in [-0.15, -0.1) is 5.53 Å². The van der Waals surface area contributed by atoms with Gasteiger partial charge in [0.25, 0.3) is 0 Å². The number of halogens is 2. The first-order valence-electron chi connectivity index (χ1n) is 12.2. The lowest BCUT2D eigenvalue weighted by Crippen LogP contribution is -2.45. The lowest BCUT2D eigenvalue weighted by atomic mass is 9.69. The minimum absolute atomic E-state index is 0.308. The number of hydrogen-bond acceptors (Lipinski definition) is 8.